The van der Waals surface area contributed by atoms with Gasteiger partial charge in [0.1, 0.15) is 16.4 Å². The Bertz CT molecular complexity index is 363. The maximum Gasteiger partial charge on any atom is 0.325 e. The first-order valence-electron chi connectivity index (χ1n) is 5.32. The van der Waals surface area contributed by atoms with E-state index in [9.17, 15) is 18.0 Å². The number of carbonyl (C=O) groups excluding carboxylic acids is 2. The van der Waals surface area contributed by atoms with Crippen LogP contribution < -0.4 is 0 Å². The zero-order valence-electron chi connectivity index (χ0n) is 10.4. The number of sulfone groups is 1. The van der Waals surface area contributed by atoms with Gasteiger partial charge in [0.15, 0.2) is 0 Å². The Kier molecular flexibility index (Phi) is 6.79. The summed E-state index contributed by atoms with van der Waals surface area (Å²) in [5.74, 6) is -1.05. The summed E-state index contributed by atoms with van der Waals surface area (Å²) in [4.78, 5) is 24.1. The zero-order chi connectivity index (χ0) is 13.5. The smallest absolute Gasteiger partial charge is 0.325 e. The van der Waals surface area contributed by atoms with Gasteiger partial charge in [-0.25, -0.2) is 8.42 Å². The molecule has 0 unspecified atom stereocenters. The molecule has 0 radical (unpaired) electrons. The zero-order valence-corrected chi connectivity index (χ0v) is 11.2. The lowest BCUT2D eigenvalue weighted by molar-refractivity contribution is -0.146. The number of hydrogen-bond donors (Lipinski definition) is 0. The molecule has 0 N–H and O–H groups in total. The van der Waals surface area contributed by atoms with Gasteiger partial charge in [0.05, 0.1) is 12.9 Å². The molecule has 0 aromatic carbocycles. The summed E-state index contributed by atoms with van der Waals surface area (Å²) in [6, 6.07) is 0. The molecule has 0 bridgehead atoms. The fourth-order valence-corrected chi connectivity index (χ4v) is 1.76. The van der Waals surface area contributed by atoms with Crippen molar-refractivity contribution in [2.75, 3.05) is 32.2 Å². The molecule has 0 saturated carbocycles. The number of hydrogen-bond acceptors (Lipinski definition) is 5. The van der Waals surface area contributed by atoms with Crippen LogP contribution in [0, 0.1) is 0 Å². The Labute approximate surface area is 102 Å². The van der Waals surface area contributed by atoms with Crippen LogP contribution in [0.5, 0.6) is 0 Å². The van der Waals surface area contributed by atoms with E-state index in [0.29, 0.717) is 13.0 Å². The molecule has 17 heavy (non-hydrogen) atoms. The summed E-state index contributed by atoms with van der Waals surface area (Å²) in [5.41, 5.74) is 0. The molecule has 0 rings (SSSR count). The molecule has 0 aliphatic heterocycles. The summed E-state index contributed by atoms with van der Waals surface area (Å²) in [5, 5.41) is 0. The maximum absolute atomic E-state index is 11.7. The van der Waals surface area contributed by atoms with Gasteiger partial charge in [-0.1, -0.05) is 6.92 Å². The van der Waals surface area contributed by atoms with Crippen LogP contribution in [0.25, 0.3) is 0 Å². The molecule has 0 aliphatic rings. The summed E-state index contributed by atoms with van der Waals surface area (Å²) in [6.07, 6.45) is 1.67. The number of nitrogens with zero attached hydrogens (tertiary/aromatic N) is 1. The van der Waals surface area contributed by atoms with Gasteiger partial charge in [-0.2, -0.15) is 0 Å². The van der Waals surface area contributed by atoms with E-state index in [-0.39, 0.29) is 24.6 Å². The van der Waals surface area contributed by atoms with Crippen LogP contribution in [0.2, 0.25) is 0 Å². The first kappa shape index (κ1) is 15.9. The van der Waals surface area contributed by atoms with E-state index in [0.717, 1.165) is 6.26 Å². The molecule has 0 spiro atoms. The minimum absolute atomic E-state index is 0.101. The highest BCUT2D eigenvalue weighted by atomic mass is 32.2. The number of methoxy groups -OCH3 is 1. The molecule has 1 amide bonds. The minimum atomic E-state index is -3.17. The Morgan fingerprint density at radius 1 is 1.29 bits per heavy atom. The number of esters is 1. The molecule has 0 saturated heterocycles. The molecule has 0 aliphatic carbocycles. The average molecular weight is 265 g/mol. The van der Waals surface area contributed by atoms with Gasteiger partial charge in [-0.3, -0.25) is 9.59 Å². The van der Waals surface area contributed by atoms with Gasteiger partial charge in [-0.15, -0.1) is 0 Å². The van der Waals surface area contributed by atoms with Crippen LogP contribution in [-0.2, 0) is 24.2 Å². The van der Waals surface area contributed by atoms with Crippen molar-refractivity contribution in [1.29, 1.82) is 0 Å². The van der Waals surface area contributed by atoms with Gasteiger partial charge in [0.25, 0.3) is 0 Å². The second-order valence-electron chi connectivity index (χ2n) is 3.77. The third kappa shape index (κ3) is 7.73. The van der Waals surface area contributed by atoms with E-state index in [1.165, 1.54) is 12.0 Å². The van der Waals surface area contributed by atoms with Crippen molar-refractivity contribution in [2.45, 2.75) is 19.8 Å². The lowest BCUT2D eigenvalue weighted by Crippen LogP contribution is -2.37. The van der Waals surface area contributed by atoms with Crippen molar-refractivity contribution >= 4 is 21.7 Å². The van der Waals surface area contributed by atoms with Crippen molar-refractivity contribution < 1.29 is 22.7 Å². The Morgan fingerprint density at radius 2 is 1.88 bits per heavy atom. The standard InChI is InChI=1S/C10H19NO5S/c1-4-6-11(8-10(13)16-2)9(12)5-7-17(3,14)15/h4-8H2,1-3H3. The molecular weight excluding hydrogens is 246 g/mol. The van der Waals surface area contributed by atoms with E-state index >= 15 is 0 Å². The molecule has 0 fully saturated rings. The topological polar surface area (TPSA) is 80.8 Å². The highest BCUT2D eigenvalue weighted by Crippen LogP contribution is 1.99. The van der Waals surface area contributed by atoms with Gasteiger partial charge in [0, 0.05) is 19.2 Å². The monoisotopic (exact) mass is 265 g/mol. The lowest BCUT2D eigenvalue weighted by Gasteiger charge is -2.20. The third-order valence-electron chi connectivity index (χ3n) is 2.08. The Hall–Kier alpha value is -1.11. The Balaban J connectivity index is 4.38. The molecule has 0 atom stereocenters. The molecular formula is C10H19NO5S. The number of carbonyl (C=O) groups is 2. The summed E-state index contributed by atoms with van der Waals surface area (Å²) in [6.45, 7) is 2.15. The van der Waals surface area contributed by atoms with Crippen LogP contribution in [0.15, 0.2) is 0 Å². The van der Waals surface area contributed by atoms with Gasteiger partial charge in [0.2, 0.25) is 5.91 Å². The molecule has 6 nitrogen and oxygen atoms in total. The third-order valence-corrected chi connectivity index (χ3v) is 3.03. The highest BCUT2D eigenvalue weighted by Gasteiger charge is 2.18. The van der Waals surface area contributed by atoms with E-state index in [4.69, 9.17) is 0 Å². The van der Waals surface area contributed by atoms with Crippen molar-refractivity contribution in [2.24, 2.45) is 0 Å². The van der Waals surface area contributed by atoms with Crippen LogP contribution in [0.4, 0.5) is 0 Å². The SMILES string of the molecule is CCCN(CC(=O)OC)C(=O)CCS(C)(=O)=O. The molecule has 7 heteroatoms. The van der Waals surface area contributed by atoms with Crippen molar-refractivity contribution in [1.82, 2.24) is 4.90 Å². The fourth-order valence-electron chi connectivity index (χ4n) is 1.21. The minimum Gasteiger partial charge on any atom is -0.468 e. The molecule has 0 heterocycles. The van der Waals surface area contributed by atoms with Crippen molar-refractivity contribution in [3.05, 3.63) is 0 Å². The molecule has 100 valence electrons. The van der Waals surface area contributed by atoms with Crippen LogP contribution in [0.1, 0.15) is 19.8 Å². The largest absolute Gasteiger partial charge is 0.468 e. The normalized spacial score (nSPS) is 11.0. The van der Waals surface area contributed by atoms with Gasteiger partial charge >= 0.3 is 5.97 Å². The quantitative estimate of drug-likeness (QED) is 0.597. The predicted octanol–water partition coefficient (Wildman–Crippen LogP) is -0.167. The van der Waals surface area contributed by atoms with Crippen LogP contribution in [-0.4, -0.2) is 57.4 Å². The van der Waals surface area contributed by atoms with Gasteiger partial charge < -0.3 is 9.64 Å². The second kappa shape index (κ2) is 7.26. The van der Waals surface area contributed by atoms with Crippen molar-refractivity contribution in [3.63, 3.8) is 0 Å². The highest BCUT2D eigenvalue weighted by molar-refractivity contribution is 7.90. The molecule has 0 aromatic rings. The number of rotatable bonds is 7. The second-order valence-corrected chi connectivity index (χ2v) is 6.03. The van der Waals surface area contributed by atoms with Gasteiger partial charge in [-0.05, 0) is 6.42 Å². The van der Waals surface area contributed by atoms with E-state index < -0.39 is 15.8 Å². The number of ether oxygens (including phenoxy) is 1. The first-order valence-corrected chi connectivity index (χ1v) is 7.38. The number of amides is 1. The average Bonchev–Trinajstić information content (AvgIpc) is 2.24. The van der Waals surface area contributed by atoms with Crippen LogP contribution in [0.3, 0.4) is 0 Å². The fraction of sp³-hybridized carbons (Fsp3) is 0.800. The van der Waals surface area contributed by atoms with E-state index in [1.54, 1.807) is 0 Å². The van der Waals surface area contributed by atoms with E-state index in [2.05, 4.69) is 4.74 Å². The first-order chi connectivity index (χ1) is 7.80. The molecule has 0 aromatic heterocycles. The Morgan fingerprint density at radius 3 is 2.29 bits per heavy atom. The van der Waals surface area contributed by atoms with Crippen molar-refractivity contribution in [3.8, 4) is 0 Å². The summed E-state index contributed by atoms with van der Waals surface area (Å²) >= 11 is 0. The summed E-state index contributed by atoms with van der Waals surface area (Å²) < 4.78 is 26.3. The van der Waals surface area contributed by atoms with E-state index in [1.807, 2.05) is 6.92 Å². The lowest BCUT2D eigenvalue weighted by atomic mass is 10.3. The van der Waals surface area contributed by atoms with Crippen LogP contribution >= 0.6 is 0 Å². The summed E-state index contributed by atoms with van der Waals surface area (Å²) in [7, 11) is -1.92. The maximum atomic E-state index is 11.7. The predicted molar refractivity (Wildman–Crippen MR) is 63.2 cm³/mol.